The lowest BCUT2D eigenvalue weighted by atomic mass is 10.0. The number of rotatable bonds is 3. The normalized spacial score (nSPS) is 18.4. The first-order valence-corrected chi connectivity index (χ1v) is 8.20. The number of hydrogen-bond acceptors (Lipinski definition) is 5. The third-order valence-electron chi connectivity index (χ3n) is 4.68. The van der Waals surface area contributed by atoms with Crippen molar-refractivity contribution in [3.8, 4) is 11.5 Å². The van der Waals surface area contributed by atoms with Crippen LogP contribution in [0.5, 0.6) is 11.5 Å². The van der Waals surface area contributed by atoms with E-state index in [1.807, 2.05) is 13.8 Å². The van der Waals surface area contributed by atoms with E-state index in [9.17, 15) is 9.59 Å². The number of halogens is 1. The topological polar surface area (TPSA) is 85.1 Å². The number of carbonyl (C=O) groups is 2. The van der Waals surface area contributed by atoms with Crippen molar-refractivity contribution in [2.75, 3.05) is 33.0 Å². The van der Waals surface area contributed by atoms with E-state index in [0.717, 1.165) is 0 Å². The first kappa shape index (κ1) is 19.3. The van der Waals surface area contributed by atoms with Crippen LogP contribution in [0.1, 0.15) is 24.2 Å². The molecule has 2 N–H and O–H groups in total. The van der Waals surface area contributed by atoms with Crippen LogP contribution in [0, 0.1) is 5.92 Å². The molecule has 2 atom stereocenters. The predicted octanol–water partition coefficient (Wildman–Crippen LogP) is 1.10. The second kappa shape index (κ2) is 7.93. The van der Waals surface area contributed by atoms with Crippen molar-refractivity contribution < 1.29 is 19.1 Å². The van der Waals surface area contributed by atoms with Gasteiger partial charge in [-0.3, -0.25) is 9.59 Å². The average molecular weight is 370 g/mol. The molecule has 0 radical (unpaired) electrons. The lowest BCUT2D eigenvalue weighted by Gasteiger charge is -2.36. The van der Waals surface area contributed by atoms with Gasteiger partial charge in [-0.2, -0.15) is 0 Å². The maximum absolute atomic E-state index is 12.6. The van der Waals surface area contributed by atoms with Gasteiger partial charge in [0.25, 0.3) is 5.91 Å². The van der Waals surface area contributed by atoms with E-state index in [4.69, 9.17) is 15.2 Å². The van der Waals surface area contributed by atoms with Gasteiger partial charge < -0.3 is 25.0 Å². The number of fused-ring (bicyclic) bond motifs is 1. The molecule has 0 saturated carbocycles. The highest BCUT2D eigenvalue weighted by molar-refractivity contribution is 5.95. The van der Waals surface area contributed by atoms with E-state index in [1.165, 1.54) is 0 Å². The lowest BCUT2D eigenvalue weighted by Crippen LogP contribution is -2.53. The zero-order valence-corrected chi connectivity index (χ0v) is 15.3. The third-order valence-corrected chi connectivity index (χ3v) is 4.68. The number of benzene rings is 1. The van der Waals surface area contributed by atoms with Crippen molar-refractivity contribution >= 4 is 24.2 Å². The van der Waals surface area contributed by atoms with E-state index < -0.39 is 0 Å². The van der Waals surface area contributed by atoms with Gasteiger partial charge in [-0.05, 0) is 25.1 Å². The molecule has 0 aromatic heterocycles. The zero-order valence-electron chi connectivity index (χ0n) is 14.4. The summed E-state index contributed by atoms with van der Waals surface area (Å²) >= 11 is 0. The summed E-state index contributed by atoms with van der Waals surface area (Å²) in [6.07, 6.45) is 0. The minimum atomic E-state index is -0.207. The molecule has 2 unspecified atom stereocenters. The van der Waals surface area contributed by atoms with Crippen molar-refractivity contribution in [3.05, 3.63) is 23.8 Å². The van der Waals surface area contributed by atoms with Crippen molar-refractivity contribution in [2.45, 2.75) is 19.9 Å². The Morgan fingerprint density at radius 3 is 2.28 bits per heavy atom. The summed E-state index contributed by atoms with van der Waals surface area (Å²) in [7, 11) is 0. The molecule has 3 rings (SSSR count). The van der Waals surface area contributed by atoms with Gasteiger partial charge in [0.05, 0.1) is 5.92 Å². The number of amides is 2. The van der Waals surface area contributed by atoms with Crippen LogP contribution >= 0.6 is 12.4 Å². The molecule has 2 aliphatic rings. The summed E-state index contributed by atoms with van der Waals surface area (Å²) in [6.45, 7) is 5.97. The maximum Gasteiger partial charge on any atom is 0.254 e. The van der Waals surface area contributed by atoms with E-state index in [2.05, 4.69) is 0 Å². The molecule has 7 nitrogen and oxygen atoms in total. The molecule has 1 aromatic rings. The summed E-state index contributed by atoms with van der Waals surface area (Å²) in [6, 6.07) is 5.02. The fraction of sp³-hybridized carbons (Fsp3) is 0.529. The van der Waals surface area contributed by atoms with Crippen LogP contribution < -0.4 is 15.2 Å². The van der Waals surface area contributed by atoms with E-state index in [-0.39, 0.29) is 43.0 Å². The van der Waals surface area contributed by atoms with Gasteiger partial charge in [0, 0.05) is 37.8 Å². The Labute approximate surface area is 153 Å². The van der Waals surface area contributed by atoms with Crippen LogP contribution in [0.2, 0.25) is 0 Å². The zero-order chi connectivity index (χ0) is 17.3. The number of nitrogens with zero attached hydrogens (tertiary/aromatic N) is 2. The minimum absolute atomic E-state index is 0. The number of hydrogen-bond donors (Lipinski definition) is 1. The molecule has 25 heavy (non-hydrogen) atoms. The Hall–Kier alpha value is -1.99. The molecule has 0 bridgehead atoms. The van der Waals surface area contributed by atoms with Crippen LogP contribution in [0.3, 0.4) is 0 Å². The Morgan fingerprint density at radius 2 is 1.64 bits per heavy atom. The molecule has 2 amide bonds. The van der Waals surface area contributed by atoms with Gasteiger partial charge in [-0.1, -0.05) is 6.92 Å². The highest BCUT2D eigenvalue weighted by Gasteiger charge is 2.29. The molecule has 1 fully saturated rings. The van der Waals surface area contributed by atoms with Crippen LogP contribution in [0.15, 0.2) is 18.2 Å². The van der Waals surface area contributed by atoms with Crippen molar-refractivity contribution in [2.24, 2.45) is 11.7 Å². The molecule has 2 heterocycles. The fourth-order valence-corrected chi connectivity index (χ4v) is 2.85. The molecule has 0 spiro atoms. The van der Waals surface area contributed by atoms with Crippen molar-refractivity contribution in [3.63, 3.8) is 0 Å². The second-order valence-corrected chi connectivity index (χ2v) is 6.33. The number of ether oxygens (including phenoxy) is 2. The first-order chi connectivity index (χ1) is 11.5. The molecule has 2 aliphatic heterocycles. The number of nitrogens with two attached hydrogens (primary N) is 1. The summed E-state index contributed by atoms with van der Waals surface area (Å²) in [5.41, 5.74) is 6.38. The van der Waals surface area contributed by atoms with Gasteiger partial charge in [0.1, 0.15) is 0 Å². The molecule has 8 heteroatoms. The molecule has 1 saturated heterocycles. The molecule has 138 valence electrons. The molecule has 0 aliphatic carbocycles. The fourth-order valence-electron chi connectivity index (χ4n) is 2.85. The monoisotopic (exact) mass is 369 g/mol. The standard InChI is InChI=1S/C17H23N3O4.ClH/c1-11(12(2)18)16(21)19-5-7-20(8-6-19)17(22)13-3-4-14-15(9-13)24-10-23-14;/h3-4,9,11-12H,5-8,10,18H2,1-2H3;1H. The van der Waals surface area contributed by atoms with Gasteiger partial charge >= 0.3 is 0 Å². The van der Waals surface area contributed by atoms with Gasteiger partial charge in [0.2, 0.25) is 12.7 Å². The van der Waals surface area contributed by atoms with Crippen LogP contribution in [-0.4, -0.2) is 60.6 Å². The van der Waals surface area contributed by atoms with Crippen molar-refractivity contribution in [1.29, 1.82) is 0 Å². The molecule has 1 aromatic carbocycles. The van der Waals surface area contributed by atoms with E-state index >= 15 is 0 Å². The lowest BCUT2D eigenvalue weighted by molar-refractivity contribution is -0.137. The smallest absolute Gasteiger partial charge is 0.254 e. The quantitative estimate of drug-likeness (QED) is 0.862. The van der Waals surface area contributed by atoms with E-state index in [1.54, 1.807) is 28.0 Å². The largest absolute Gasteiger partial charge is 0.454 e. The van der Waals surface area contributed by atoms with Gasteiger partial charge in [0.15, 0.2) is 11.5 Å². The SMILES string of the molecule is CC(N)C(C)C(=O)N1CCN(C(=O)c2ccc3c(c2)OCO3)CC1.Cl. The van der Waals surface area contributed by atoms with Gasteiger partial charge in [-0.25, -0.2) is 0 Å². The first-order valence-electron chi connectivity index (χ1n) is 8.20. The summed E-state index contributed by atoms with van der Waals surface area (Å²) in [5, 5.41) is 0. The highest BCUT2D eigenvalue weighted by atomic mass is 35.5. The predicted molar refractivity (Wildman–Crippen MR) is 95.1 cm³/mol. The summed E-state index contributed by atoms with van der Waals surface area (Å²) in [4.78, 5) is 28.5. The summed E-state index contributed by atoms with van der Waals surface area (Å²) < 4.78 is 10.6. The Morgan fingerprint density at radius 1 is 1.04 bits per heavy atom. The average Bonchev–Trinajstić information content (AvgIpc) is 3.07. The molecular weight excluding hydrogens is 346 g/mol. The Bertz CT molecular complexity index is 645. The maximum atomic E-state index is 12.6. The van der Waals surface area contributed by atoms with Crippen molar-refractivity contribution in [1.82, 2.24) is 9.80 Å². The minimum Gasteiger partial charge on any atom is -0.454 e. The van der Waals surface area contributed by atoms with Crippen LogP contribution in [0.4, 0.5) is 0 Å². The third kappa shape index (κ3) is 3.99. The number of piperazine rings is 1. The van der Waals surface area contributed by atoms with Crippen LogP contribution in [-0.2, 0) is 4.79 Å². The summed E-state index contributed by atoms with van der Waals surface area (Å²) in [5.74, 6) is 1.05. The van der Waals surface area contributed by atoms with Gasteiger partial charge in [-0.15, -0.1) is 12.4 Å². The Balaban J connectivity index is 0.00000225. The second-order valence-electron chi connectivity index (χ2n) is 6.33. The number of carbonyl (C=O) groups excluding carboxylic acids is 2. The van der Waals surface area contributed by atoms with Crippen LogP contribution in [0.25, 0.3) is 0 Å². The highest BCUT2D eigenvalue weighted by Crippen LogP contribution is 2.32. The van der Waals surface area contributed by atoms with E-state index in [0.29, 0.717) is 43.2 Å². The Kier molecular flexibility index (Phi) is 6.13. The molecular formula is C17H24ClN3O4.